The zero-order valence-corrected chi connectivity index (χ0v) is 19.3. The number of hydrogen-bond donors (Lipinski definition) is 1. The quantitative estimate of drug-likeness (QED) is 0.208. The van der Waals surface area contributed by atoms with Crippen LogP contribution < -0.4 is 14.8 Å². The van der Waals surface area contributed by atoms with Crippen LogP contribution in [0.5, 0.6) is 17.2 Å². The smallest absolute Gasteiger partial charge is 0.416 e. The van der Waals surface area contributed by atoms with E-state index in [1.54, 1.807) is 24.3 Å². The first-order chi connectivity index (χ1) is 17.7. The number of halogens is 3. The van der Waals surface area contributed by atoms with Crippen molar-refractivity contribution in [2.24, 2.45) is 0 Å². The molecule has 0 saturated heterocycles. The lowest BCUT2D eigenvalue weighted by Crippen LogP contribution is -2.14. The van der Waals surface area contributed by atoms with E-state index in [1.165, 1.54) is 19.2 Å². The molecule has 0 saturated carbocycles. The lowest BCUT2D eigenvalue weighted by molar-refractivity contribution is -0.385. The summed E-state index contributed by atoms with van der Waals surface area (Å²) in [6, 6.07) is 22.6. The topological polar surface area (TPSA) is 90.7 Å². The molecule has 4 rings (SSSR count). The molecule has 0 atom stereocenters. The van der Waals surface area contributed by atoms with Gasteiger partial charge in [-0.25, -0.2) is 0 Å². The van der Waals surface area contributed by atoms with Gasteiger partial charge in [0.1, 0.15) is 5.75 Å². The third kappa shape index (κ3) is 5.87. The Balaban J connectivity index is 1.64. The first-order valence-corrected chi connectivity index (χ1v) is 10.8. The van der Waals surface area contributed by atoms with E-state index >= 15 is 0 Å². The molecule has 0 aliphatic rings. The van der Waals surface area contributed by atoms with Gasteiger partial charge in [0.15, 0.2) is 11.5 Å². The van der Waals surface area contributed by atoms with Gasteiger partial charge in [-0.1, -0.05) is 42.5 Å². The Morgan fingerprint density at radius 3 is 2.14 bits per heavy atom. The second kappa shape index (κ2) is 10.4. The Hall–Kier alpha value is -4.86. The number of amides is 1. The number of hydrogen-bond acceptors (Lipinski definition) is 5. The summed E-state index contributed by atoms with van der Waals surface area (Å²) < 4.78 is 50.8. The van der Waals surface area contributed by atoms with E-state index in [4.69, 9.17) is 9.47 Å². The van der Waals surface area contributed by atoms with Crippen LogP contribution in [0.25, 0.3) is 11.1 Å². The fourth-order valence-electron chi connectivity index (χ4n) is 3.53. The maximum Gasteiger partial charge on any atom is 0.416 e. The molecule has 0 fully saturated rings. The molecule has 4 aromatic carbocycles. The van der Waals surface area contributed by atoms with Crippen LogP contribution in [-0.4, -0.2) is 17.9 Å². The molecule has 0 unspecified atom stereocenters. The number of carbonyl (C=O) groups is 1. The summed E-state index contributed by atoms with van der Waals surface area (Å²) in [4.78, 5) is 23.4. The van der Waals surface area contributed by atoms with Crippen molar-refractivity contribution in [1.29, 1.82) is 0 Å². The summed E-state index contributed by atoms with van der Waals surface area (Å²) in [7, 11) is 1.24. The van der Waals surface area contributed by atoms with Crippen LogP contribution >= 0.6 is 0 Å². The number of anilines is 1. The predicted molar refractivity (Wildman–Crippen MR) is 131 cm³/mol. The van der Waals surface area contributed by atoms with Crippen molar-refractivity contribution in [1.82, 2.24) is 0 Å². The second-order valence-corrected chi connectivity index (χ2v) is 7.80. The van der Waals surface area contributed by atoms with E-state index in [-0.39, 0.29) is 22.7 Å². The largest absolute Gasteiger partial charge is 0.490 e. The van der Waals surface area contributed by atoms with Gasteiger partial charge in [-0.05, 0) is 53.6 Å². The lowest BCUT2D eigenvalue weighted by Gasteiger charge is -2.16. The summed E-state index contributed by atoms with van der Waals surface area (Å²) in [5.74, 6) is -0.648. The molecule has 0 spiro atoms. The van der Waals surface area contributed by atoms with Crippen molar-refractivity contribution in [3.63, 3.8) is 0 Å². The van der Waals surface area contributed by atoms with Crippen LogP contribution in [0.4, 0.5) is 24.5 Å². The third-order valence-corrected chi connectivity index (χ3v) is 5.38. The number of benzene rings is 4. The first kappa shape index (κ1) is 25.2. The molecule has 0 aliphatic heterocycles. The Morgan fingerprint density at radius 2 is 1.51 bits per heavy atom. The number of alkyl halides is 3. The van der Waals surface area contributed by atoms with Crippen LogP contribution in [0.15, 0.2) is 91.0 Å². The zero-order chi connectivity index (χ0) is 26.6. The predicted octanol–water partition coefficient (Wildman–Crippen LogP) is 7.33. The fraction of sp³-hybridized carbons (Fsp3) is 0.0741. The number of nitro groups is 1. The summed E-state index contributed by atoms with van der Waals surface area (Å²) >= 11 is 0. The molecule has 7 nitrogen and oxygen atoms in total. The fourth-order valence-corrected chi connectivity index (χ4v) is 3.53. The maximum atomic E-state index is 13.4. The second-order valence-electron chi connectivity index (χ2n) is 7.80. The van der Waals surface area contributed by atoms with Gasteiger partial charge in [-0.15, -0.1) is 0 Å². The highest BCUT2D eigenvalue weighted by molar-refractivity contribution is 6.05. The third-order valence-electron chi connectivity index (χ3n) is 5.38. The molecular weight excluding hydrogens is 489 g/mol. The Morgan fingerprint density at radius 1 is 0.865 bits per heavy atom. The Bertz CT molecular complexity index is 1440. The molecule has 0 radical (unpaired) electrons. The SMILES string of the molecule is COc1ccc(C(=O)Nc2cc(C(F)(F)F)ccc2Oc2ccc(-c3ccccc3)cc2)cc1[N+](=O)[O-]. The van der Waals surface area contributed by atoms with Gasteiger partial charge in [-0.3, -0.25) is 14.9 Å². The molecule has 4 aromatic rings. The average Bonchev–Trinajstić information content (AvgIpc) is 2.89. The van der Waals surface area contributed by atoms with E-state index < -0.39 is 28.3 Å². The molecule has 0 aliphatic carbocycles. The van der Waals surface area contributed by atoms with E-state index in [2.05, 4.69) is 5.32 Å². The molecular formula is C27H19F3N2O5. The van der Waals surface area contributed by atoms with E-state index in [9.17, 15) is 28.1 Å². The summed E-state index contributed by atoms with van der Waals surface area (Å²) in [6.45, 7) is 0. The molecule has 0 aromatic heterocycles. The van der Waals surface area contributed by atoms with Gasteiger partial charge < -0.3 is 14.8 Å². The Labute approximate surface area is 209 Å². The molecule has 1 amide bonds. The van der Waals surface area contributed by atoms with Crippen molar-refractivity contribution in [2.75, 3.05) is 12.4 Å². The van der Waals surface area contributed by atoms with Crippen molar-refractivity contribution in [3.05, 3.63) is 112 Å². The van der Waals surface area contributed by atoms with Gasteiger partial charge in [0.2, 0.25) is 0 Å². The number of nitrogens with zero attached hydrogens (tertiary/aromatic N) is 1. The highest BCUT2D eigenvalue weighted by Gasteiger charge is 2.31. The highest BCUT2D eigenvalue weighted by Crippen LogP contribution is 2.38. The zero-order valence-electron chi connectivity index (χ0n) is 19.3. The molecule has 37 heavy (non-hydrogen) atoms. The monoisotopic (exact) mass is 508 g/mol. The lowest BCUT2D eigenvalue weighted by atomic mass is 10.1. The number of carbonyl (C=O) groups excluding carboxylic acids is 1. The van der Waals surface area contributed by atoms with Crippen LogP contribution in [0.1, 0.15) is 15.9 Å². The number of nitro benzene ring substituents is 1. The minimum atomic E-state index is -4.67. The molecule has 0 heterocycles. The van der Waals surface area contributed by atoms with E-state index in [1.807, 2.05) is 30.3 Å². The van der Waals surface area contributed by atoms with E-state index in [0.717, 1.165) is 35.4 Å². The van der Waals surface area contributed by atoms with Gasteiger partial charge in [0.25, 0.3) is 5.91 Å². The molecule has 10 heteroatoms. The number of nitrogens with one attached hydrogen (secondary N) is 1. The maximum absolute atomic E-state index is 13.4. The van der Waals surface area contributed by atoms with Gasteiger partial charge >= 0.3 is 11.9 Å². The number of ether oxygens (including phenoxy) is 2. The molecule has 0 bridgehead atoms. The van der Waals surface area contributed by atoms with Crippen molar-refractivity contribution >= 4 is 17.3 Å². The normalized spacial score (nSPS) is 11.0. The minimum absolute atomic E-state index is 0.0446. The Kier molecular flexibility index (Phi) is 7.10. The first-order valence-electron chi connectivity index (χ1n) is 10.8. The summed E-state index contributed by atoms with van der Waals surface area (Å²) in [6.07, 6.45) is -4.67. The molecule has 188 valence electrons. The molecule has 1 N–H and O–H groups in total. The minimum Gasteiger partial charge on any atom is -0.490 e. The van der Waals surface area contributed by atoms with E-state index in [0.29, 0.717) is 5.75 Å². The van der Waals surface area contributed by atoms with Crippen LogP contribution in [0, 0.1) is 10.1 Å². The highest BCUT2D eigenvalue weighted by atomic mass is 19.4. The average molecular weight is 508 g/mol. The standard InChI is InChI=1S/C27H19F3N2O5/c1-36-25-13-9-19(15-23(25)32(34)35)26(33)31-22-16-20(27(28,29)30)10-14-24(22)37-21-11-7-18(8-12-21)17-5-3-2-4-6-17/h2-16H,1H3,(H,31,33). The van der Waals surface area contributed by atoms with Gasteiger partial charge in [0.05, 0.1) is 23.3 Å². The van der Waals surface area contributed by atoms with Gasteiger partial charge in [-0.2, -0.15) is 13.2 Å². The number of rotatable bonds is 7. The van der Waals surface area contributed by atoms with Crippen molar-refractivity contribution in [3.8, 4) is 28.4 Å². The van der Waals surface area contributed by atoms with Gasteiger partial charge in [0, 0.05) is 11.6 Å². The number of methoxy groups -OCH3 is 1. The summed E-state index contributed by atoms with van der Waals surface area (Å²) in [5, 5.41) is 13.7. The van der Waals surface area contributed by atoms with Crippen LogP contribution in [0.2, 0.25) is 0 Å². The van der Waals surface area contributed by atoms with Crippen molar-refractivity contribution in [2.45, 2.75) is 6.18 Å². The van der Waals surface area contributed by atoms with Crippen LogP contribution in [0.3, 0.4) is 0 Å². The van der Waals surface area contributed by atoms with Crippen molar-refractivity contribution < 1.29 is 32.4 Å². The van der Waals surface area contributed by atoms with Crippen LogP contribution in [-0.2, 0) is 6.18 Å². The summed E-state index contributed by atoms with van der Waals surface area (Å²) in [5.41, 5.74) is 0.0121.